The molecule has 0 saturated heterocycles. The van der Waals surface area contributed by atoms with E-state index in [1.165, 1.54) is 21.6 Å². The maximum absolute atomic E-state index is 2.25. The van der Waals surface area contributed by atoms with E-state index in [1.54, 1.807) is 0 Å². The minimum absolute atomic E-state index is 0. The van der Waals surface area contributed by atoms with Crippen LogP contribution in [-0.4, -0.2) is 15.4 Å². The van der Waals surface area contributed by atoms with Crippen molar-refractivity contribution in [1.82, 2.24) is 0 Å². The molecule has 92 valence electrons. The molecule has 0 aliphatic carbocycles. The molecule has 17 heavy (non-hydrogen) atoms. The molecule has 0 bridgehead atoms. The Morgan fingerprint density at radius 2 is 0.941 bits per heavy atom. The Labute approximate surface area is 122 Å². The third-order valence-electron chi connectivity index (χ3n) is 2.62. The number of benzene rings is 2. The molecule has 0 aliphatic rings. The summed E-state index contributed by atoms with van der Waals surface area (Å²) < 4.78 is 0. The molecule has 0 aromatic heterocycles. The van der Waals surface area contributed by atoms with Gasteiger partial charge in [0.25, 0.3) is 0 Å². The maximum atomic E-state index is 2.25. The second-order valence-electron chi connectivity index (χ2n) is 3.82. The van der Waals surface area contributed by atoms with Crippen LogP contribution in [0.1, 0.15) is 11.1 Å². The van der Waals surface area contributed by atoms with Gasteiger partial charge in [0.15, 0.2) is 0 Å². The van der Waals surface area contributed by atoms with Crippen molar-refractivity contribution in [3.8, 4) is 0 Å². The van der Waals surface area contributed by atoms with Crippen LogP contribution < -0.4 is 0 Å². The van der Waals surface area contributed by atoms with Crippen LogP contribution in [0.3, 0.4) is 0 Å². The van der Waals surface area contributed by atoms with Crippen molar-refractivity contribution in [2.75, 3.05) is 0 Å². The third-order valence-corrected chi connectivity index (χ3v) is 6.52. The molecular weight excluding hydrogens is 312 g/mol. The average Bonchev–Trinajstić information content (AvgIpc) is 2.32. The Morgan fingerprint density at radius 3 is 1.29 bits per heavy atom. The van der Waals surface area contributed by atoms with Crippen LogP contribution in [0.4, 0.5) is 0 Å². The van der Waals surface area contributed by atoms with E-state index in [4.69, 9.17) is 0 Å². The summed E-state index contributed by atoms with van der Waals surface area (Å²) in [4.78, 5) is 0. The molecule has 0 aliphatic heterocycles. The molecule has 0 atom stereocenters. The zero-order valence-electron chi connectivity index (χ0n) is 9.71. The molecule has 2 aromatic carbocycles. The molecule has 0 amide bonds. The second-order valence-corrected chi connectivity index (χ2v) is 7.41. The van der Waals surface area contributed by atoms with Crippen LogP contribution in [0.5, 0.6) is 0 Å². The fourth-order valence-corrected chi connectivity index (χ4v) is 5.27. The van der Waals surface area contributed by atoms with Gasteiger partial charge in [-0.05, 0) is 0 Å². The molecule has 0 fully saturated rings. The quantitative estimate of drug-likeness (QED) is 0.754. The Balaban J connectivity index is 0.00000128. The molecular formula is C14H18Cl2Ge. The molecule has 0 N–H and O–H groups in total. The summed E-state index contributed by atoms with van der Waals surface area (Å²) in [6.07, 6.45) is 0. The van der Waals surface area contributed by atoms with Crippen LogP contribution in [0.25, 0.3) is 0 Å². The van der Waals surface area contributed by atoms with Crippen LogP contribution in [0.2, 0.25) is 0 Å². The third kappa shape index (κ3) is 6.16. The van der Waals surface area contributed by atoms with E-state index in [-0.39, 0.29) is 24.8 Å². The molecule has 0 heterocycles. The van der Waals surface area contributed by atoms with E-state index in [9.17, 15) is 0 Å². The predicted octanol–water partition coefficient (Wildman–Crippen LogP) is 3.40. The molecule has 2 aromatic rings. The SMILES string of the molecule is Cl.Cl.c1ccc([CH2][GeH2][CH2]c2ccccc2)cc1. The zero-order chi connectivity index (χ0) is 10.3. The second kappa shape index (κ2) is 9.58. The Hall–Kier alpha value is -0.437. The summed E-state index contributed by atoms with van der Waals surface area (Å²) in [5, 5.41) is 2.73. The van der Waals surface area contributed by atoms with Gasteiger partial charge in [0.05, 0.1) is 0 Å². The van der Waals surface area contributed by atoms with Gasteiger partial charge in [-0.15, -0.1) is 24.8 Å². The van der Waals surface area contributed by atoms with Gasteiger partial charge >= 0.3 is 97.7 Å². The zero-order valence-corrected chi connectivity index (χ0v) is 14.3. The molecule has 0 unspecified atom stereocenters. The van der Waals surface area contributed by atoms with E-state index in [1.807, 2.05) is 0 Å². The van der Waals surface area contributed by atoms with Gasteiger partial charge in [-0.2, -0.15) is 0 Å². The van der Waals surface area contributed by atoms with Gasteiger partial charge in [-0.25, -0.2) is 0 Å². The Kier molecular flexibility index (Phi) is 9.33. The van der Waals surface area contributed by atoms with Crippen LogP contribution >= 0.6 is 24.8 Å². The molecule has 0 nitrogen and oxygen atoms in total. The first-order valence-electron chi connectivity index (χ1n) is 5.53. The van der Waals surface area contributed by atoms with Crippen molar-refractivity contribution in [2.45, 2.75) is 10.5 Å². The molecule has 0 radical (unpaired) electrons. The molecule has 0 spiro atoms. The first-order chi connectivity index (χ1) is 7.45. The standard InChI is InChI=1S/C14H16Ge.2ClH/c1-3-7-13(8-4-1)11-15-12-14-9-5-2-6-10-14;;/h1-10H,11-12,15H2;2*1H. The van der Waals surface area contributed by atoms with Crippen molar-refractivity contribution in [3.63, 3.8) is 0 Å². The summed E-state index contributed by atoms with van der Waals surface area (Å²) in [6.45, 7) is 0. The van der Waals surface area contributed by atoms with Crippen molar-refractivity contribution in [1.29, 1.82) is 0 Å². The topological polar surface area (TPSA) is 0 Å². The summed E-state index contributed by atoms with van der Waals surface area (Å²) in [7, 11) is 0. The van der Waals surface area contributed by atoms with Gasteiger partial charge in [-0.1, -0.05) is 0 Å². The van der Waals surface area contributed by atoms with Crippen molar-refractivity contribution < 1.29 is 0 Å². The number of halogens is 2. The first kappa shape index (κ1) is 16.6. The predicted molar refractivity (Wildman–Crippen MR) is 83.3 cm³/mol. The van der Waals surface area contributed by atoms with Gasteiger partial charge in [-0.3, -0.25) is 0 Å². The van der Waals surface area contributed by atoms with Crippen molar-refractivity contribution in [2.24, 2.45) is 0 Å². The van der Waals surface area contributed by atoms with Crippen molar-refractivity contribution in [3.05, 3.63) is 71.8 Å². The van der Waals surface area contributed by atoms with E-state index in [2.05, 4.69) is 60.7 Å². The number of hydrogen-bond acceptors (Lipinski definition) is 0. The Morgan fingerprint density at radius 1 is 0.588 bits per heavy atom. The molecule has 3 heteroatoms. The van der Waals surface area contributed by atoms with Crippen molar-refractivity contribution >= 4 is 40.2 Å². The normalized spacial score (nSPS) is 8.94. The van der Waals surface area contributed by atoms with Crippen LogP contribution in [0.15, 0.2) is 60.7 Å². The van der Waals surface area contributed by atoms with E-state index in [0.29, 0.717) is 0 Å². The summed E-state index contributed by atoms with van der Waals surface area (Å²) in [6, 6.07) is 21.7. The van der Waals surface area contributed by atoms with Crippen LogP contribution in [-0.2, 0) is 10.5 Å². The number of hydrogen-bond donors (Lipinski definition) is 0. The minimum atomic E-state index is -0.411. The van der Waals surface area contributed by atoms with Gasteiger partial charge < -0.3 is 0 Å². The Bertz CT molecular complexity index is 350. The van der Waals surface area contributed by atoms with E-state index in [0.717, 1.165) is 0 Å². The molecule has 2 rings (SSSR count). The first-order valence-corrected chi connectivity index (χ1v) is 9.72. The fraction of sp³-hybridized carbons (Fsp3) is 0.143. The average molecular weight is 330 g/mol. The number of rotatable bonds is 4. The van der Waals surface area contributed by atoms with Crippen LogP contribution in [0, 0.1) is 0 Å². The van der Waals surface area contributed by atoms with Gasteiger partial charge in [0, 0.05) is 0 Å². The monoisotopic (exact) mass is 330 g/mol. The van der Waals surface area contributed by atoms with Gasteiger partial charge in [0.2, 0.25) is 0 Å². The fourth-order valence-electron chi connectivity index (χ4n) is 1.79. The summed E-state index contributed by atoms with van der Waals surface area (Å²) in [5.74, 6) is 0. The van der Waals surface area contributed by atoms with E-state index < -0.39 is 15.4 Å². The summed E-state index contributed by atoms with van der Waals surface area (Å²) >= 11 is -0.411. The van der Waals surface area contributed by atoms with Gasteiger partial charge in [0.1, 0.15) is 0 Å². The molecule has 0 saturated carbocycles. The summed E-state index contributed by atoms with van der Waals surface area (Å²) in [5.41, 5.74) is 3.04. The van der Waals surface area contributed by atoms with E-state index >= 15 is 0 Å².